The van der Waals surface area contributed by atoms with Crippen molar-refractivity contribution >= 4 is 28.8 Å². The van der Waals surface area contributed by atoms with Crippen molar-refractivity contribution in [1.82, 2.24) is 5.32 Å². The third-order valence-electron chi connectivity index (χ3n) is 0.716. The Kier molecular flexibility index (Phi) is 5.03. The van der Waals surface area contributed by atoms with E-state index in [1.165, 1.54) is 6.34 Å². The molecule has 0 unspecified atom stereocenters. The van der Waals surface area contributed by atoms with Crippen LogP contribution in [0.1, 0.15) is 0 Å². The summed E-state index contributed by atoms with van der Waals surface area (Å²) in [6.45, 7) is 0.306. The lowest BCUT2D eigenvalue weighted by molar-refractivity contribution is -0.117. The van der Waals surface area contributed by atoms with Crippen LogP contribution in [0.15, 0.2) is 9.36 Å². The monoisotopic (exact) mass is 206 g/mol. The summed E-state index contributed by atoms with van der Waals surface area (Å²) in [7, 11) is -2.70. The standard InChI is InChI=1S/C3H4N2O.CH2N2O3S/c6-3-1-4-2-5-3;2-1(4)3-7(5)6/h2H,1H2,(H,4,5,6);(H2,2,4). The van der Waals surface area contributed by atoms with Crippen LogP contribution < -0.4 is 11.1 Å². The van der Waals surface area contributed by atoms with E-state index in [0.29, 0.717) is 6.54 Å². The van der Waals surface area contributed by atoms with Gasteiger partial charge < -0.3 is 11.1 Å². The lowest BCUT2D eigenvalue weighted by atomic mass is 10.7. The van der Waals surface area contributed by atoms with Crippen LogP contribution in [-0.2, 0) is 15.3 Å². The van der Waals surface area contributed by atoms with Crippen LogP contribution in [0.4, 0.5) is 4.79 Å². The van der Waals surface area contributed by atoms with Gasteiger partial charge >= 0.3 is 16.5 Å². The van der Waals surface area contributed by atoms with Crippen molar-refractivity contribution in [2.45, 2.75) is 0 Å². The average molecular weight is 206 g/mol. The molecule has 1 rings (SSSR count). The van der Waals surface area contributed by atoms with E-state index in [4.69, 9.17) is 0 Å². The Hall–Kier alpha value is -1.77. The van der Waals surface area contributed by atoms with Crippen molar-refractivity contribution in [1.29, 1.82) is 0 Å². The first-order chi connectivity index (χ1) is 6.02. The smallest absolute Gasteiger partial charge is 0.349 e. The van der Waals surface area contributed by atoms with E-state index in [0.717, 1.165) is 0 Å². The SMILES string of the molecule is NC(=O)N=S(=O)=O.O=C1CN=CN1. The van der Waals surface area contributed by atoms with Crippen molar-refractivity contribution in [3.05, 3.63) is 0 Å². The molecule has 0 bridgehead atoms. The molecule has 0 aromatic carbocycles. The van der Waals surface area contributed by atoms with Gasteiger partial charge in [-0.1, -0.05) is 4.36 Å². The van der Waals surface area contributed by atoms with Crippen LogP contribution in [0.5, 0.6) is 0 Å². The molecule has 0 saturated carbocycles. The molecule has 1 aliphatic rings. The minimum absolute atomic E-state index is 0.0185. The Labute approximate surface area is 74.5 Å². The van der Waals surface area contributed by atoms with E-state index in [9.17, 15) is 18.0 Å². The largest absolute Gasteiger partial charge is 0.353 e. The molecule has 0 radical (unpaired) electrons. The molecule has 9 heteroatoms. The van der Waals surface area contributed by atoms with E-state index >= 15 is 0 Å². The molecule has 0 aromatic heterocycles. The molecule has 0 aliphatic carbocycles. The number of hydrogen-bond acceptors (Lipinski definition) is 5. The van der Waals surface area contributed by atoms with Gasteiger partial charge in [-0.25, -0.2) is 4.79 Å². The lowest BCUT2D eigenvalue weighted by Gasteiger charge is -1.76. The second kappa shape index (κ2) is 5.83. The third-order valence-corrected chi connectivity index (χ3v) is 1.05. The maximum atomic E-state index is 10.0. The zero-order chi connectivity index (χ0) is 10.3. The van der Waals surface area contributed by atoms with Gasteiger partial charge in [0.2, 0.25) is 5.91 Å². The minimum atomic E-state index is -2.70. The predicted molar refractivity (Wildman–Crippen MR) is 42.4 cm³/mol. The molecule has 72 valence electrons. The van der Waals surface area contributed by atoms with Crippen LogP contribution in [-0.4, -0.2) is 33.2 Å². The van der Waals surface area contributed by atoms with Crippen LogP contribution >= 0.6 is 0 Å². The highest BCUT2D eigenvalue weighted by atomic mass is 32.2. The highest BCUT2D eigenvalue weighted by Crippen LogP contribution is 1.73. The van der Waals surface area contributed by atoms with Gasteiger partial charge in [0.05, 0.1) is 6.34 Å². The average Bonchev–Trinajstić information content (AvgIpc) is 2.37. The Morgan fingerprint density at radius 1 is 1.69 bits per heavy atom. The van der Waals surface area contributed by atoms with E-state index in [2.05, 4.69) is 20.4 Å². The summed E-state index contributed by atoms with van der Waals surface area (Å²) in [5, 5.41) is 2.39. The van der Waals surface area contributed by atoms with Crippen molar-refractivity contribution in [2.75, 3.05) is 6.54 Å². The summed E-state index contributed by atoms with van der Waals surface area (Å²) in [6.07, 6.45) is 1.41. The molecule has 1 aliphatic heterocycles. The number of urea groups is 1. The molecule has 13 heavy (non-hydrogen) atoms. The number of nitrogens with one attached hydrogen (secondary N) is 1. The number of hydrogen-bond donors (Lipinski definition) is 2. The number of carbonyl (C=O) groups excluding carboxylic acids is 2. The molecule has 8 nitrogen and oxygen atoms in total. The normalized spacial score (nSPS) is 12.5. The second-order valence-electron chi connectivity index (χ2n) is 1.68. The zero-order valence-electron chi connectivity index (χ0n) is 6.30. The molecule has 1 heterocycles. The summed E-state index contributed by atoms with van der Waals surface area (Å²) in [4.78, 5) is 23.1. The fourth-order valence-electron chi connectivity index (χ4n) is 0.365. The van der Waals surface area contributed by atoms with Gasteiger partial charge in [0.1, 0.15) is 6.54 Å². The van der Waals surface area contributed by atoms with Crippen LogP contribution in [0.2, 0.25) is 0 Å². The van der Waals surface area contributed by atoms with Gasteiger partial charge in [-0.2, -0.15) is 8.42 Å². The first kappa shape index (κ1) is 11.2. The van der Waals surface area contributed by atoms with E-state index < -0.39 is 16.5 Å². The summed E-state index contributed by atoms with van der Waals surface area (Å²) >= 11 is 0. The number of primary amides is 1. The Morgan fingerprint density at radius 3 is 2.38 bits per heavy atom. The molecule has 3 amide bonds. The first-order valence-corrected chi connectivity index (χ1v) is 3.93. The maximum Gasteiger partial charge on any atom is 0.353 e. The van der Waals surface area contributed by atoms with Crippen molar-refractivity contribution in [3.63, 3.8) is 0 Å². The fourth-order valence-corrected chi connectivity index (χ4v) is 0.512. The molecule has 0 spiro atoms. The van der Waals surface area contributed by atoms with Gasteiger partial charge in [0, 0.05) is 0 Å². The predicted octanol–water partition coefficient (Wildman–Crippen LogP) is -1.73. The van der Waals surface area contributed by atoms with E-state index in [1.807, 2.05) is 0 Å². The molecule has 0 aromatic rings. The fraction of sp³-hybridized carbons (Fsp3) is 0.250. The number of nitrogens with zero attached hydrogens (tertiary/aromatic N) is 2. The van der Waals surface area contributed by atoms with Gasteiger partial charge in [-0.3, -0.25) is 9.79 Å². The highest BCUT2D eigenvalue weighted by Gasteiger charge is 1.98. The van der Waals surface area contributed by atoms with Gasteiger partial charge in [0.25, 0.3) is 0 Å². The Morgan fingerprint density at radius 2 is 2.31 bits per heavy atom. The Balaban J connectivity index is 0.000000223. The van der Waals surface area contributed by atoms with Crippen molar-refractivity contribution in [3.8, 4) is 0 Å². The molecule has 0 atom stereocenters. The topological polar surface area (TPSA) is 131 Å². The maximum absolute atomic E-state index is 10.0. The first-order valence-electron chi connectivity index (χ1n) is 2.90. The van der Waals surface area contributed by atoms with Crippen molar-refractivity contribution in [2.24, 2.45) is 15.1 Å². The number of carbonyl (C=O) groups is 2. The molecule has 0 saturated heterocycles. The molecule has 3 N–H and O–H groups in total. The summed E-state index contributed by atoms with van der Waals surface area (Å²) in [5.41, 5.74) is 4.29. The number of nitrogens with two attached hydrogens (primary N) is 1. The van der Waals surface area contributed by atoms with Gasteiger partial charge in [-0.15, -0.1) is 0 Å². The molecular formula is C4H6N4O4S. The quantitative estimate of drug-likeness (QED) is 0.487. The summed E-state index contributed by atoms with van der Waals surface area (Å²) in [6, 6.07) is -1.20. The van der Waals surface area contributed by atoms with E-state index in [1.54, 1.807) is 0 Å². The molecular weight excluding hydrogens is 200 g/mol. The van der Waals surface area contributed by atoms with Gasteiger partial charge in [0.15, 0.2) is 0 Å². The summed E-state index contributed by atoms with van der Waals surface area (Å²) in [5.74, 6) is -0.0185. The van der Waals surface area contributed by atoms with Crippen LogP contribution in [0.3, 0.4) is 0 Å². The third kappa shape index (κ3) is 8.13. The van der Waals surface area contributed by atoms with Crippen LogP contribution in [0, 0.1) is 0 Å². The number of rotatable bonds is 0. The van der Waals surface area contributed by atoms with Crippen LogP contribution in [0.25, 0.3) is 0 Å². The second-order valence-corrected chi connectivity index (χ2v) is 2.30. The number of aliphatic imine (C=N–C) groups is 1. The number of amides is 3. The highest BCUT2D eigenvalue weighted by molar-refractivity contribution is 7.62. The zero-order valence-corrected chi connectivity index (χ0v) is 7.11. The Bertz CT molecular complexity index is 338. The molecule has 0 fully saturated rings. The minimum Gasteiger partial charge on any atom is -0.349 e. The van der Waals surface area contributed by atoms with E-state index in [-0.39, 0.29) is 5.91 Å². The summed E-state index contributed by atoms with van der Waals surface area (Å²) < 4.78 is 21.0. The van der Waals surface area contributed by atoms with Crippen molar-refractivity contribution < 1.29 is 18.0 Å². The lowest BCUT2D eigenvalue weighted by Crippen LogP contribution is -2.15. The van der Waals surface area contributed by atoms with Gasteiger partial charge in [-0.05, 0) is 0 Å².